The molecule has 0 saturated carbocycles. The van der Waals surface area contributed by atoms with Crippen LogP contribution < -0.4 is 11.1 Å². The van der Waals surface area contributed by atoms with Gasteiger partial charge in [0.25, 0.3) is 0 Å². The third kappa shape index (κ3) is 6.99. The standard InChI is InChI=1S/C15H18N2O2.C14H14N2.C11H12N2O2/c1-8(2)13-14-10(7-12(17-13)15(18)19)9-5-3-4-6-11(9)16-14;1-9(2)13-14-11(7-8-15-13)10-5-3-4-6-12(10)16-14;12-9(11(14)15)5-7-6-13-10-4-2-1-3-8(7)10/h3-6,8,12-13,16-17H,7H2,1-2H3,(H,18,19);3-9,16H,1-2H3;1-4,6,9,13H,5,12H2,(H,14,15). The van der Waals surface area contributed by atoms with E-state index in [1.165, 1.54) is 21.8 Å². The zero-order valence-electron chi connectivity index (χ0n) is 28.7. The van der Waals surface area contributed by atoms with E-state index < -0.39 is 24.0 Å². The molecular weight excluding hydrogens is 628 g/mol. The number of aromatic amines is 3. The van der Waals surface area contributed by atoms with E-state index in [-0.39, 0.29) is 6.04 Å². The Balaban J connectivity index is 0.000000131. The van der Waals surface area contributed by atoms with Gasteiger partial charge in [-0.1, -0.05) is 82.3 Å². The highest BCUT2D eigenvalue weighted by atomic mass is 16.4. The summed E-state index contributed by atoms with van der Waals surface area (Å²) in [5.74, 6) is -0.965. The van der Waals surface area contributed by atoms with Gasteiger partial charge in [0.15, 0.2) is 0 Å². The third-order valence-corrected chi connectivity index (χ3v) is 9.35. The number of pyridine rings is 1. The minimum absolute atomic E-state index is 0.0669. The lowest BCUT2D eigenvalue weighted by Crippen LogP contribution is -2.46. The molecular formula is C40H44N6O4. The highest BCUT2D eigenvalue weighted by molar-refractivity contribution is 6.07. The molecule has 5 heterocycles. The molecule has 10 heteroatoms. The van der Waals surface area contributed by atoms with E-state index in [1.807, 2.05) is 54.9 Å². The lowest BCUT2D eigenvalue weighted by molar-refractivity contribution is -0.140. The molecule has 1 aliphatic rings. The fourth-order valence-corrected chi connectivity index (χ4v) is 6.81. The zero-order chi connectivity index (χ0) is 35.5. The van der Waals surface area contributed by atoms with Gasteiger partial charge in [-0.2, -0.15) is 0 Å². The SMILES string of the molecule is CC(C)C1NC(C(=O)O)Cc2c1[nH]c1ccccc21.CC(C)c1nccc2c1[nH]c1ccccc12.NC(Cc1c[nH]c2ccccc12)C(=O)O. The van der Waals surface area contributed by atoms with Crippen LogP contribution in [0.2, 0.25) is 0 Å². The summed E-state index contributed by atoms with van der Waals surface area (Å²) in [5.41, 5.74) is 14.3. The number of hydrogen-bond acceptors (Lipinski definition) is 5. The lowest BCUT2D eigenvalue weighted by Gasteiger charge is -2.31. The van der Waals surface area contributed by atoms with E-state index in [9.17, 15) is 14.7 Å². The van der Waals surface area contributed by atoms with E-state index in [1.54, 1.807) is 0 Å². The molecule has 3 aromatic carbocycles. The van der Waals surface area contributed by atoms with E-state index in [0.717, 1.165) is 44.3 Å². The van der Waals surface area contributed by atoms with Gasteiger partial charge in [-0.15, -0.1) is 0 Å². The molecule has 4 aromatic heterocycles. The fourth-order valence-electron chi connectivity index (χ4n) is 6.81. The number of aromatic nitrogens is 4. The van der Waals surface area contributed by atoms with Crippen LogP contribution >= 0.6 is 0 Å². The van der Waals surface area contributed by atoms with Crippen LogP contribution in [-0.2, 0) is 22.4 Å². The highest BCUT2D eigenvalue weighted by Gasteiger charge is 2.34. The molecule has 0 bridgehead atoms. The molecule has 1 aliphatic heterocycles. The predicted molar refractivity (Wildman–Crippen MR) is 199 cm³/mol. The molecule has 8 N–H and O–H groups in total. The van der Waals surface area contributed by atoms with Gasteiger partial charge >= 0.3 is 11.9 Å². The molecule has 0 spiro atoms. The van der Waals surface area contributed by atoms with Crippen LogP contribution in [0.3, 0.4) is 0 Å². The van der Waals surface area contributed by atoms with Crippen molar-refractivity contribution in [2.45, 2.75) is 64.6 Å². The molecule has 50 heavy (non-hydrogen) atoms. The molecule has 0 aliphatic carbocycles. The van der Waals surface area contributed by atoms with Crippen LogP contribution in [-0.4, -0.2) is 54.2 Å². The van der Waals surface area contributed by atoms with Gasteiger partial charge < -0.3 is 30.9 Å². The number of benzene rings is 3. The van der Waals surface area contributed by atoms with Crippen LogP contribution in [0, 0.1) is 5.92 Å². The zero-order valence-corrected chi connectivity index (χ0v) is 28.7. The topological polar surface area (TPSA) is 173 Å². The Morgan fingerprint density at radius 1 is 0.820 bits per heavy atom. The summed E-state index contributed by atoms with van der Waals surface area (Å²) >= 11 is 0. The molecule has 10 nitrogen and oxygen atoms in total. The fraction of sp³-hybridized carbons (Fsp3) is 0.275. The number of nitrogens with two attached hydrogens (primary N) is 1. The van der Waals surface area contributed by atoms with Crippen LogP contribution in [0.15, 0.2) is 91.3 Å². The van der Waals surface area contributed by atoms with Crippen molar-refractivity contribution in [2.24, 2.45) is 11.7 Å². The van der Waals surface area contributed by atoms with Crippen molar-refractivity contribution in [1.82, 2.24) is 25.3 Å². The Kier molecular flexibility index (Phi) is 10.0. The van der Waals surface area contributed by atoms with Crippen LogP contribution in [0.5, 0.6) is 0 Å². The minimum atomic E-state index is -0.972. The number of carboxylic acids is 2. The maximum absolute atomic E-state index is 11.3. The van der Waals surface area contributed by atoms with Crippen molar-refractivity contribution in [3.63, 3.8) is 0 Å². The normalized spacial score (nSPS) is 16.2. The number of fused-ring (bicyclic) bond motifs is 7. The summed E-state index contributed by atoms with van der Waals surface area (Å²) in [7, 11) is 0. The smallest absolute Gasteiger partial charge is 0.321 e. The number of H-pyrrole nitrogens is 3. The van der Waals surface area contributed by atoms with Crippen molar-refractivity contribution in [3.05, 3.63) is 114 Å². The maximum Gasteiger partial charge on any atom is 0.321 e. The van der Waals surface area contributed by atoms with Gasteiger partial charge in [0.05, 0.1) is 17.3 Å². The highest BCUT2D eigenvalue weighted by Crippen LogP contribution is 2.35. The molecule has 3 atom stereocenters. The first-order chi connectivity index (χ1) is 24.0. The molecule has 7 aromatic rings. The van der Waals surface area contributed by atoms with Crippen LogP contribution in [0.4, 0.5) is 0 Å². The molecule has 0 fully saturated rings. The summed E-state index contributed by atoms with van der Waals surface area (Å²) in [4.78, 5) is 36.4. The quantitative estimate of drug-likeness (QED) is 0.0962. The Labute approximate surface area is 290 Å². The number of hydrogen-bond donors (Lipinski definition) is 7. The van der Waals surface area contributed by atoms with Crippen molar-refractivity contribution in [2.75, 3.05) is 0 Å². The molecule has 3 unspecified atom stereocenters. The van der Waals surface area contributed by atoms with Gasteiger partial charge in [0, 0.05) is 69.0 Å². The lowest BCUT2D eigenvalue weighted by atomic mass is 9.89. The number of rotatable bonds is 6. The monoisotopic (exact) mass is 672 g/mol. The van der Waals surface area contributed by atoms with Crippen molar-refractivity contribution < 1.29 is 19.8 Å². The van der Waals surface area contributed by atoms with E-state index in [0.29, 0.717) is 24.7 Å². The van der Waals surface area contributed by atoms with Gasteiger partial charge in [-0.05, 0) is 47.2 Å². The maximum atomic E-state index is 11.3. The minimum Gasteiger partial charge on any atom is -0.480 e. The summed E-state index contributed by atoms with van der Waals surface area (Å²) in [5, 5.41) is 26.0. The molecule has 0 radical (unpaired) electrons. The van der Waals surface area contributed by atoms with E-state index in [4.69, 9.17) is 10.8 Å². The average Bonchev–Trinajstić information content (AvgIpc) is 3.81. The van der Waals surface area contributed by atoms with Crippen molar-refractivity contribution in [1.29, 1.82) is 0 Å². The van der Waals surface area contributed by atoms with E-state index in [2.05, 4.69) is 89.3 Å². The third-order valence-electron chi connectivity index (χ3n) is 9.35. The summed E-state index contributed by atoms with van der Waals surface area (Å²) in [6.07, 6.45) is 4.60. The molecule has 8 rings (SSSR count). The molecule has 0 amide bonds. The number of carboxylic acid groups (broad SMARTS) is 2. The van der Waals surface area contributed by atoms with Gasteiger partial charge in [-0.3, -0.25) is 19.9 Å². The van der Waals surface area contributed by atoms with Crippen LogP contribution in [0.25, 0.3) is 43.6 Å². The van der Waals surface area contributed by atoms with Crippen molar-refractivity contribution >= 4 is 55.6 Å². The Morgan fingerprint density at radius 3 is 2.08 bits per heavy atom. The first kappa shape index (κ1) is 34.4. The second-order valence-electron chi connectivity index (χ2n) is 13.5. The molecule has 258 valence electrons. The first-order valence-corrected chi connectivity index (χ1v) is 17.0. The number of para-hydroxylation sites is 3. The largest absolute Gasteiger partial charge is 0.480 e. The van der Waals surface area contributed by atoms with Gasteiger partial charge in [-0.25, -0.2) is 0 Å². The summed E-state index contributed by atoms with van der Waals surface area (Å²) in [6, 6.07) is 25.1. The number of nitrogens with one attached hydrogen (secondary N) is 4. The second kappa shape index (κ2) is 14.6. The number of carbonyl (C=O) groups is 2. The number of nitrogens with zero attached hydrogens (tertiary/aromatic N) is 1. The van der Waals surface area contributed by atoms with Gasteiger partial charge in [0.2, 0.25) is 0 Å². The Morgan fingerprint density at radius 2 is 1.44 bits per heavy atom. The Hall–Kier alpha value is -5.45. The first-order valence-electron chi connectivity index (χ1n) is 17.0. The van der Waals surface area contributed by atoms with Crippen LogP contribution in [0.1, 0.15) is 62.2 Å². The summed E-state index contributed by atoms with van der Waals surface area (Å²) in [6.45, 7) is 8.56. The van der Waals surface area contributed by atoms with Gasteiger partial charge in [0.1, 0.15) is 12.1 Å². The number of aliphatic carboxylic acids is 2. The second-order valence-corrected chi connectivity index (χ2v) is 13.5. The average molecular weight is 673 g/mol. The summed E-state index contributed by atoms with van der Waals surface area (Å²) < 4.78 is 0. The molecule has 0 saturated heterocycles. The van der Waals surface area contributed by atoms with Crippen molar-refractivity contribution in [3.8, 4) is 0 Å². The predicted octanol–water partition coefficient (Wildman–Crippen LogP) is 7.43. The van der Waals surface area contributed by atoms with E-state index >= 15 is 0 Å². The Bertz CT molecular complexity index is 2280.